The number of sulfonamides is 1. The normalized spacial score (nSPS) is 14.0. The fourth-order valence-corrected chi connectivity index (χ4v) is 4.45. The molecule has 174 valence electrons. The molecular formula is C23H25N3O6S. The Bertz CT molecular complexity index is 1150. The Kier molecular flexibility index (Phi) is 8.43. The minimum absolute atomic E-state index is 0.113. The van der Waals surface area contributed by atoms with E-state index in [4.69, 9.17) is 9.47 Å². The lowest BCUT2D eigenvalue weighted by molar-refractivity contribution is -0.114. The highest BCUT2D eigenvalue weighted by atomic mass is 32.2. The molecule has 0 aromatic heterocycles. The highest BCUT2D eigenvalue weighted by Gasteiger charge is 2.26. The number of anilines is 1. The van der Waals surface area contributed by atoms with Crippen LogP contribution in [0.5, 0.6) is 5.75 Å². The molecule has 0 radical (unpaired) electrons. The number of amides is 2. The summed E-state index contributed by atoms with van der Waals surface area (Å²) in [6.45, 7) is 3.02. The lowest BCUT2D eigenvalue weighted by Crippen LogP contribution is -2.40. The van der Waals surface area contributed by atoms with Crippen molar-refractivity contribution in [2.24, 2.45) is 0 Å². The van der Waals surface area contributed by atoms with Crippen LogP contribution in [0.25, 0.3) is 0 Å². The van der Waals surface area contributed by atoms with E-state index in [-0.39, 0.29) is 29.9 Å². The van der Waals surface area contributed by atoms with Gasteiger partial charge in [0.15, 0.2) is 0 Å². The van der Waals surface area contributed by atoms with E-state index in [2.05, 4.69) is 22.5 Å². The Labute approximate surface area is 193 Å². The van der Waals surface area contributed by atoms with Gasteiger partial charge in [-0.1, -0.05) is 17.9 Å². The molecule has 3 rings (SSSR count). The molecule has 1 saturated heterocycles. The van der Waals surface area contributed by atoms with Crippen molar-refractivity contribution in [1.29, 1.82) is 0 Å². The molecule has 1 fully saturated rings. The number of rotatable bonds is 7. The predicted octanol–water partition coefficient (Wildman–Crippen LogP) is 1.48. The molecule has 10 heteroatoms. The van der Waals surface area contributed by atoms with Crippen molar-refractivity contribution in [2.75, 3.05) is 44.8 Å². The number of morpholine rings is 1. The second kappa shape index (κ2) is 11.5. The average Bonchev–Trinajstić information content (AvgIpc) is 2.81. The van der Waals surface area contributed by atoms with Crippen LogP contribution >= 0.6 is 0 Å². The summed E-state index contributed by atoms with van der Waals surface area (Å²) < 4.78 is 37.3. The Morgan fingerprint density at radius 1 is 1.09 bits per heavy atom. The Morgan fingerprint density at radius 2 is 1.82 bits per heavy atom. The first kappa shape index (κ1) is 24.3. The van der Waals surface area contributed by atoms with Gasteiger partial charge in [-0.25, -0.2) is 8.42 Å². The Balaban J connectivity index is 1.46. The van der Waals surface area contributed by atoms with Crippen molar-refractivity contribution in [1.82, 2.24) is 9.62 Å². The van der Waals surface area contributed by atoms with E-state index < -0.39 is 10.0 Å². The molecule has 0 atom stereocenters. The van der Waals surface area contributed by atoms with Crippen molar-refractivity contribution in [2.45, 2.75) is 11.8 Å². The second-order valence-corrected chi connectivity index (χ2v) is 9.01. The quantitative estimate of drug-likeness (QED) is 0.592. The van der Waals surface area contributed by atoms with Crippen LogP contribution < -0.4 is 15.4 Å². The number of hydrogen-bond acceptors (Lipinski definition) is 6. The molecule has 2 amide bonds. The predicted molar refractivity (Wildman–Crippen MR) is 122 cm³/mol. The summed E-state index contributed by atoms with van der Waals surface area (Å²) in [6.07, 6.45) is 0. The zero-order chi connectivity index (χ0) is 23.7. The highest BCUT2D eigenvalue weighted by Crippen LogP contribution is 2.18. The number of hydrogen-bond donors (Lipinski definition) is 2. The van der Waals surface area contributed by atoms with Gasteiger partial charge in [-0.2, -0.15) is 4.31 Å². The largest absolute Gasteiger partial charge is 0.481 e. The highest BCUT2D eigenvalue weighted by molar-refractivity contribution is 7.89. The fourth-order valence-electron chi connectivity index (χ4n) is 3.04. The van der Waals surface area contributed by atoms with Crippen LogP contribution in [-0.2, 0) is 19.6 Å². The molecule has 33 heavy (non-hydrogen) atoms. The molecule has 1 aliphatic rings. The van der Waals surface area contributed by atoms with E-state index in [0.717, 1.165) is 0 Å². The van der Waals surface area contributed by atoms with Gasteiger partial charge in [-0.05, 0) is 36.4 Å². The van der Waals surface area contributed by atoms with E-state index in [1.54, 1.807) is 24.3 Å². The molecule has 0 aliphatic carbocycles. The van der Waals surface area contributed by atoms with Crippen LogP contribution in [0.15, 0.2) is 53.4 Å². The van der Waals surface area contributed by atoms with E-state index in [1.807, 2.05) is 0 Å². The number of ether oxygens (including phenoxy) is 2. The summed E-state index contributed by atoms with van der Waals surface area (Å²) in [4.78, 5) is 23.5. The second-order valence-electron chi connectivity index (χ2n) is 7.07. The van der Waals surface area contributed by atoms with E-state index >= 15 is 0 Å². The molecular weight excluding hydrogens is 446 g/mol. The summed E-state index contributed by atoms with van der Waals surface area (Å²) in [6, 6.07) is 12.7. The van der Waals surface area contributed by atoms with Gasteiger partial charge in [0.05, 0.1) is 24.7 Å². The van der Waals surface area contributed by atoms with Crippen molar-refractivity contribution >= 4 is 27.5 Å². The maximum absolute atomic E-state index is 12.6. The third-order valence-electron chi connectivity index (χ3n) is 4.65. The van der Waals surface area contributed by atoms with Gasteiger partial charge in [0.25, 0.3) is 5.91 Å². The molecule has 1 aliphatic heterocycles. The van der Waals surface area contributed by atoms with Crippen LogP contribution in [0, 0.1) is 11.8 Å². The molecule has 0 unspecified atom stereocenters. The third-order valence-corrected chi connectivity index (χ3v) is 6.56. The third kappa shape index (κ3) is 7.05. The molecule has 9 nitrogen and oxygen atoms in total. The first-order valence-corrected chi connectivity index (χ1v) is 11.7. The molecule has 1 heterocycles. The molecule has 0 spiro atoms. The maximum Gasteiger partial charge on any atom is 0.252 e. The first-order valence-electron chi connectivity index (χ1n) is 10.3. The van der Waals surface area contributed by atoms with Gasteiger partial charge in [0, 0.05) is 37.3 Å². The van der Waals surface area contributed by atoms with Crippen LogP contribution in [0.2, 0.25) is 0 Å². The molecule has 2 aromatic carbocycles. The minimum atomic E-state index is -3.60. The lowest BCUT2D eigenvalue weighted by atomic mass is 10.2. The molecule has 2 aromatic rings. The summed E-state index contributed by atoms with van der Waals surface area (Å²) in [5, 5.41) is 5.33. The topological polar surface area (TPSA) is 114 Å². The monoisotopic (exact) mass is 471 g/mol. The van der Waals surface area contributed by atoms with Crippen molar-refractivity contribution < 1.29 is 27.5 Å². The van der Waals surface area contributed by atoms with E-state index in [0.29, 0.717) is 43.3 Å². The summed E-state index contributed by atoms with van der Waals surface area (Å²) in [7, 11) is -3.60. The van der Waals surface area contributed by atoms with Gasteiger partial charge in [-0.3, -0.25) is 9.59 Å². The Hall–Kier alpha value is -3.39. The van der Waals surface area contributed by atoms with Gasteiger partial charge >= 0.3 is 0 Å². The van der Waals surface area contributed by atoms with Crippen LogP contribution in [0.1, 0.15) is 17.3 Å². The lowest BCUT2D eigenvalue weighted by Gasteiger charge is -2.26. The zero-order valence-electron chi connectivity index (χ0n) is 18.2. The molecule has 2 N–H and O–H groups in total. The Morgan fingerprint density at radius 3 is 2.52 bits per heavy atom. The number of carbonyl (C=O) groups is 2. The smallest absolute Gasteiger partial charge is 0.252 e. The van der Waals surface area contributed by atoms with Gasteiger partial charge in [0.2, 0.25) is 15.9 Å². The van der Waals surface area contributed by atoms with Crippen LogP contribution in [0.4, 0.5) is 5.69 Å². The van der Waals surface area contributed by atoms with E-state index in [1.165, 1.54) is 35.5 Å². The maximum atomic E-state index is 12.6. The van der Waals surface area contributed by atoms with Crippen molar-refractivity contribution in [3.8, 4) is 17.6 Å². The number of nitrogens with one attached hydrogen (secondary N) is 2. The van der Waals surface area contributed by atoms with Gasteiger partial charge in [-0.15, -0.1) is 0 Å². The average molecular weight is 472 g/mol. The van der Waals surface area contributed by atoms with Crippen LogP contribution in [0.3, 0.4) is 0 Å². The minimum Gasteiger partial charge on any atom is -0.481 e. The van der Waals surface area contributed by atoms with E-state index in [9.17, 15) is 18.0 Å². The number of nitrogens with zero attached hydrogens (tertiary/aromatic N) is 1. The standard InChI is InChI=1S/C23H25N3O6S/c1-18(27)25-20-5-4-6-21(17-20)32-14-3-2-11-24-23(28)19-7-9-22(10-8-19)33(29,30)26-12-15-31-16-13-26/h4-10,17H,11-16H2,1H3,(H,24,28)(H,25,27). The number of carbonyl (C=O) groups excluding carboxylic acids is 2. The summed E-state index contributed by atoms with van der Waals surface area (Å²) >= 11 is 0. The van der Waals surface area contributed by atoms with Crippen molar-refractivity contribution in [3.05, 3.63) is 54.1 Å². The van der Waals surface area contributed by atoms with Crippen molar-refractivity contribution in [3.63, 3.8) is 0 Å². The molecule has 0 bridgehead atoms. The summed E-state index contributed by atoms with van der Waals surface area (Å²) in [5.74, 6) is 5.62. The fraction of sp³-hybridized carbons (Fsp3) is 0.304. The summed E-state index contributed by atoms with van der Waals surface area (Å²) in [5.41, 5.74) is 0.966. The SMILES string of the molecule is CC(=O)Nc1cccc(OCC#CCNC(=O)c2ccc(S(=O)(=O)N3CCOCC3)cc2)c1. The molecule has 0 saturated carbocycles. The van der Waals surface area contributed by atoms with Gasteiger partial charge < -0.3 is 20.1 Å². The zero-order valence-corrected chi connectivity index (χ0v) is 19.0. The number of benzene rings is 2. The first-order chi connectivity index (χ1) is 15.9. The van der Waals surface area contributed by atoms with Crippen LogP contribution in [-0.4, -0.2) is 64.0 Å². The van der Waals surface area contributed by atoms with Gasteiger partial charge in [0.1, 0.15) is 12.4 Å².